The summed E-state index contributed by atoms with van der Waals surface area (Å²) < 4.78 is 12.6. The van der Waals surface area contributed by atoms with Crippen molar-refractivity contribution in [3.63, 3.8) is 0 Å². The molecule has 0 spiro atoms. The molecule has 3 rings (SSSR count). The second-order valence-electron chi connectivity index (χ2n) is 6.69. The van der Waals surface area contributed by atoms with Gasteiger partial charge in [-0.05, 0) is 51.7 Å². The van der Waals surface area contributed by atoms with E-state index in [0.717, 1.165) is 10.0 Å². The summed E-state index contributed by atoms with van der Waals surface area (Å²) in [6, 6.07) is 9.03. The number of nitrogens with zero attached hydrogens (tertiary/aromatic N) is 1. The average Bonchev–Trinajstić information content (AvgIpc) is 2.85. The molecule has 0 fully saturated rings. The Balaban J connectivity index is 1.90. The van der Waals surface area contributed by atoms with E-state index in [1.165, 1.54) is 4.90 Å². The van der Waals surface area contributed by atoms with Crippen molar-refractivity contribution in [1.29, 1.82) is 0 Å². The second kappa shape index (κ2) is 8.02. The summed E-state index contributed by atoms with van der Waals surface area (Å²) in [5.74, 6) is 0.611. The van der Waals surface area contributed by atoms with E-state index in [1.807, 2.05) is 24.3 Å². The van der Waals surface area contributed by atoms with Crippen molar-refractivity contribution in [2.24, 2.45) is 5.92 Å². The van der Waals surface area contributed by atoms with Gasteiger partial charge in [0.2, 0.25) is 0 Å². The number of Topliss-reactive ketones (excluding diaryl/α,β-unsaturated/α-hetero) is 1. The normalized spacial score (nSPS) is 13.3. The topological polar surface area (TPSA) is 55.8 Å². The number of hydrogen-bond acceptors (Lipinski definition) is 4. The number of fused-ring (bicyclic) bond motifs is 1. The Morgan fingerprint density at radius 1 is 1.07 bits per heavy atom. The third kappa shape index (κ3) is 4.04. The van der Waals surface area contributed by atoms with E-state index >= 15 is 0 Å². The first-order valence-corrected chi connectivity index (χ1v) is 10.1. The number of benzene rings is 2. The predicted molar refractivity (Wildman–Crippen MR) is 111 cm³/mol. The van der Waals surface area contributed by atoms with Crippen LogP contribution in [0, 0.1) is 5.92 Å². The Morgan fingerprint density at radius 3 is 2.48 bits per heavy atom. The molecular weight excluding hydrogens is 478 g/mol. The highest BCUT2D eigenvalue weighted by Gasteiger charge is 2.37. The number of halogens is 2. The van der Waals surface area contributed by atoms with Crippen molar-refractivity contribution in [3.8, 4) is 11.5 Å². The van der Waals surface area contributed by atoms with E-state index in [9.17, 15) is 9.59 Å². The quantitative estimate of drug-likeness (QED) is 0.529. The van der Waals surface area contributed by atoms with Gasteiger partial charge in [-0.15, -0.1) is 0 Å². The molecule has 27 heavy (non-hydrogen) atoms. The van der Waals surface area contributed by atoms with Gasteiger partial charge in [0.25, 0.3) is 11.7 Å². The number of carbonyl (C=O) groups is 2. The second-order valence-corrected chi connectivity index (χ2v) is 8.46. The minimum Gasteiger partial charge on any atom is -0.493 e. The molecule has 0 atom stereocenters. The van der Waals surface area contributed by atoms with Gasteiger partial charge in [0.15, 0.2) is 11.5 Å². The molecule has 1 aliphatic heterocycles. The Labute approximate surface area is 174 Å². The third-order valence-electron chi connectivity index (χ3n) is 4.12. The number of ketones is 1. The number of rotatable bonds is 6. The van der Waals surface area contributed by atoms with Gasteiger partial charge in [-0.3, -0.25) is 14.5 Å². The number of methoxy groups -OCH3 is 1. The van der Waals surface area contributed by atoms with Gasteiger partial charge < -0.3 is 9.47 Å². The summed E-state index contributed by atoms with van der Waals surface area (Å²) in [6.07, 6.45) is 0. The van der Waals surface area contributed by atoms with Crippen LogP contribution in [0.5, 0.6) is 11.5 Å². The Kier molecular flexibility index (Phi) is 5.91. The maximum Gasteiger partial charge on any atom is 0.299 e. The molecule has 1 aliphatic rings. The summed E-state index contributed by atoms with van der Waals surface area (Å²) in [7, 11) is 1.58. The largest absolute Gasteiger partial charge is 0.493 e. The van der Waals surface area contributed by atoms with Gasteiger partial charge in [0.1, 0.15) is 0 Å². The first kappa shape index (κ1) is 19.9. The van der Waals surface area contributed by atoms with Crippen molar-refractivity contribution < 1.29 is 19.1 Å². The minimum atomic E-state index is -0.539. The van der Waals surface area contributed by atoms with E-state index in [0.29, 0.717) is 39.7 Å². The Bertz CT molecular complexity index is 911. The van der Waals surface area contributed by atoms with Crippen LogP contribution in [0.4, 0.5) is 5.69 Å². The fraction of sp³-hybridized carbons (Fsp3) is 0.300. The lowest BCUT2D eigenvalue weighted by atomic mass is 10.1. The highest BCUT2D eigenvalue weighted by atomic mass is 79.9. The smallest absolute Gasteiger partial charge is 0.299 e. The highest BCUT2D eigenvalue weighted by Crippen LogP contribution is 2.40. The number of ether oxygens (including phenoxy) is 2. The standard InChI is InChI=1S/C20H19Br2NO4/c1-11(2)10-27-16-5-4-12(6-17(16)26-3)9-23-18-14(19(24)20(23)25)7-13(21)8-15(18)22/h4-8,11H,9-10H2,1-3H3. The molecule has 0 aliphatic carbocycles. The van der Waals surface area contributed by atoms with E-state index in [4.69, 9.17) is 9.47 Å². The first-order chi connectivity index (χ1) is 12.8. The lowest BCUT2D eigenvalue weighted by Crippen LogP contribution is -2.29. The van der Waals surface area contributed by atoms with Crippen LogP contribution in [0.3, 0.4) is 0 Å². The Hall–Kier alpha value is -1.86. The lowest BCUT2D eigenvalue weighted by Gasteiger charge is -2.19. The van der Waals surface area contributed by atoms with Crippen LogP contribution >= 0.6 is 31.9 Å². The molecule has 7 heteroatoms. The fourth-order valence-electron chi connectivity index (χ4n) is 2.87. The third-order valence-corrected chi connectivity index (χ3v) is 5.19. The SMILES string of the molecule is COc1cc(CN2C(=O)C(=O)c3cc(Br)cc(Br)c32)ccc1OCC(C)C. The number of carbonyl (C=O) groups excluding carboxylic acids is 2. The van der Waals surface area contributed by atoms with Crippen LogP contribution in [0.2, 0.25) is 0 Å². The van der Waals surface area contributed by atoms with Crippen LogP contribution in [0.15, 0.2) is 39.3 Å². The molecule has 0 radical (unpaired) electrons. The molecule has 0 saturated heterocycles. The number of hydrogen-bond donors (Lipinski definition) is 0. The highest BCUT2D eigenvalue weighted by molar-refractivity contribution is 9.11. The number of anilines is 1. The molecule has 142 valence electrons. The first-order valence-electron chi connectivity index (χ1n) is 8.46. The maximum absolute atomic E-state index is 12.5. The van der Waals surface area contributed by atoms with Gasteiger partial charge in [-0.25, -0.2) is 0 Å². The molecule has 0 bridgehead atoms. The molecule has 1 amide bonds. The molecular formula is C20H19Br2NO4. The van der Waals surface area contributed by atoms with E-state index in [2.05, 4.69) is 45.7 Å². The molecule has 0 unspecified atom stereocenters. The fourth-order valence-corrected chi connectivity index (χ4v) is 4.31. The summed E-state index contributed by atoms with van der Waals surface area (Å²) in [6.45, 7) is 5.00. The zero-order valence-corrected chi connectivity index (χ0v) is 18.4. The van der Waals surface area contributed by atoms with Crippen LogP contribution in [-0.4, -0.2) is 25.4 Å². The molecule has 0 aromatic heterocycles. The maximum atomic E-state index is 12.5. The van der Waals surface area contributed by atoms with Crippen molar-refractivity contribution >= 4 is 49.2 Å². The van der Waals surface area contributed by atoms with E-state index < -0.39 is 11.7 Å². The molecule has 0 saturated carbocycles. The van der Waals surface area contributed by atoms with Gasteiger partial charge >= 0.3 is 0 Å². The van der Waals surface area contributed by atoms with Gasteiger partial charge in [0.05, 0.1) is 31.5 Å². The molecule has 2 aromatic rings. The van der Waals surface area contributed by atoms with Crippen LogP contribution in [0.25, 0.3) is 0 Å². The lowest BCUT2D eigenvalue weighted by molar-refractivity contribution is -0.114. The van der Waals surface area contributed by atoms with Gasteiger partial charge in [-0.1, -0.05) is 35.8 Å². The minimum absolute atomic E-state index is 0.263. The zero-order chi connectivity index (χ0) is 19.7. The van der Waals surface area contributed by atoms with Crippen molar-refractivity contribution in [2.45, 2.75) is 20.4 Å². The molecule has 1 heterocycles. The van der Waals surface area contributed by atoms with Gasteiger partial charge in [0, 0.05) is 8.95 Å². The van der Waals surface area contributed by atoms with Crippen LogP contribution < -0.4 is 14.4 Å². The summed E-state index contributed by atoms with van der Waals surface area (Å²) in [5.41, 5.74) is 1.82. The van der Waals surface area contributed by atoms with Crippen molar-refractivity contribution in [3.05, 3.63) is 50.4 Å². The summed E-state index contributed by atoms with van der Waals surface area (Å²) >= 11 is 6.82. The zero-order valence-electron chi connectivity index (χ0n) is 15.2. The summed E-state index contributed by atoms with van der Waals surface area (Å²) in [4.78, 5) is 26.3. The molecule has 5 nitrogen and oxygen atoms in total. The van der Waals surface area contributed by atoms with Crippen molar-refractivity contribution in [2.75, 3.05) is 18.6 Å². The molecule has 0 N–H and O–H groups in total. The van der Waals surface area contributed by atoms with Crippen LogP contribution in [0.1, 0.15) is 29.8 Å². The van der Waals surface area contributed by atoms with E-state index in [1.54, 1.807) is 13.2 Å². The predicted octanol–water partition coefficient (Wildman–Crippen LogP) is 4.98. The Morgan fingerprint density at radius 2 is 1.81 bits per heavy atom. The van der Waals surface area contributed by atoms with Gasteiger partial charge in [-0.2, -0.15) is 0 Å². The molecule has 2 aromatic carbocycles. The van der Waals surface area contributed by atoms with Crippen molar-refractivity contribution in [1.82, 2.24) is 0 Å². The van der Waals surface area contributed by atoms with E-state index in [-0.39, 0.29) is 6.54 Å². The average molecular weight is 497 g/mol. The number of amides is 1. The summed E-state index contributed by atoms with van der Waals surface area (Å²) in [5, 5.41) is 0. The van der Waals surface area contributed by atoms with Crippen LogP contribution in [-0.2, 0) is 11.3 Å². The monoisotopic (exact) mass is 495 g/mol.